The Morgan fingerprint density at radius 1 is 1.06 bits per heavy atom. The molecule has 0 radical (unpaired) electrons. The predicted octanol–water partition coefficient (Wildman–Crippen LogP) is 4.92. The van der Waals surface area contributed by atoms with Gasteiger partial charge in [0.2, 0.25) is 0 Å². The first kappa shape index (κ1) is 22.2. The van der Waals surface area contributed by atoms with Gasteiger partial charge in [0, 0.05) is 18.9 Å². The maximum atomic E-state index is 13.6. The van der Waals surface area contributed by atoms with Gasteiger partial charge >= 0.3 is 6.18 Å². The van der Waals surface area contributed by atoms with Gasteiger partial charge in [0.1, 0.15) is 12.5 Å². The molecule has 0 saturated heterocycles. The number of carbonyl (C=O) groups excluding carboxylic acids is 1. The molecule has 0 unspecified atom stereocenters. The minimum atomic E-state index is -4.67. The van der Waals surface area contributed by atoms with Crippen molar-refractivity contribution in [3.63, 3.8) is 0 Å². The van der Waals surface area contributed by atoms with E-state index in [1.54, 1.807) is 6.07 Å². The molecule has 0 aliphatic rings. The number of benzene rings is 1. The van der Waals surface area contributed by atoms with Crippen LogP contribution in [0.25, 0.3) is 0 Å². The van der Waals surface area contributed by atoms with E-state index in [1.807, 2.05) is 6.92 Å². The second kappa shape index (κ2) is 9.55. The minimum Gasteiger partial charge on any atom is -0.370 e. The first-order valence-corrected chi connectivity index (χ1v) is 9.51. The lowest BCUT2D eigenvalue weighted by atomic mass is 9.97. The van der Waals surface area contributed by atoms with E-state index in [1.165, 1.54) is 48.8 Å². The molecule has 0 saturated carbocycles. The molecular formula is C22H20F4N4O. The number of hydrogen-bond acceptors (Lipinski definition) is 4. The fourth-order valence-corrected chi connectivity index (χ4v) is 3.02. The van der Waals surface area contributed by atoms with Crippen LogP contribution >= 0.6 is 0 Å². The highest BCUT2D eigenvalue weighted by Crippen LogP contribution is 2.35. The Labute approximate surface area is 176 Å². The maximum Gasteiger partial charge on any atom is 0.418 e. The van der Waals surface area contributed by atoms with E-state index in [9.17, 15) is 22.4 Å². The number of hydrogen-bond donors (Lipinski definition) is 2. The van der Waals surface area contributed by atoms with Crippen molar-refractivity contribution in [1.29, 1.82) is 0 Å². The summed E-state index contributed by atoms with van der Waals surface area (Å²) in [6, 6.07) is 9.87. The van der Waals surface area contributed by atoms with Gasteiger partial charge in [-0.25, -0.2) is 9.37 Å². The number of carbonyl (C=O) groups is 1. The molecule has 0 spiro atoms. The lowest BCUT2D eigenvalue weighted by Crippen LogP contribution is -2.31. The molecule has 3 aromatic rings. The van der Waals surface area contributed by atoms with E-state index in [2.05, 4.69) is 20.6 Å². The summed E-state index contributed by atoms with van der Waals surface area (Å²) in [7, 11) is 0. The zero-order valence-corrected chi connectivity index (χ0v) is 16.6. The predicted molar refractivity (Wildman–Crippen MR) is 108 cm³/mol. The number of alkyl halides is 4. The number of rotatable bonds is 7. The van der Waals surface area contributed by atoms with Crippen LogP contribution in [0.5, 0.6) is 0 Å². The van der Waals surface area contributed by atoms with Crippen LogP contribution in [0.15, 0.2) is 60.9 Å². The van der Waals surface area contributed by atoms with Crippen LogP contribution in [-0.2, 0) is 12.9 Å². The summed E-state index contributed by atoms with van der Waals surface area (Å²) in [5.74, 6) is -0.0459. The maximum absolute atomic E-state index is 13.6. The highest BCUT2D eigenvalue weighted by molar-refractivity contribution is 5.94. The summed E-state index contributed by atoms with van der Waals surface area (Å²) in [5, 5.41) is 5.60. The molecule has 31 heavy (non-hydrogen) atoms. The second-order valence-corrected chi connectivity index (χ2v) is 6.68. The van der Waals surface area contributed by atoms with Gasteiger partial charge < -0.3 is 10.6 Å². The van der Waals surface area contributed by atoms with Crippen LogP contribution in [-0.4, -0.2) is 22.4 Å². The monoisotopic (exact) mass is 432 g/mol. The first-order chi connectivity index (χ1) is 14.8. The average molecular weight is 432 g/mol. The third-order valence-corrected chi connectivity index (χ3v) is 4.54. The Bertz CT molecular complexity index is 1020. The van der Waals surface area contributed by atoms with E-state index < -0.39 is 30.4 Å². The molecule has 162 valence electrons. The van der Waals surface area contributed by atoms with Crippen molar-refractivity contribution in [2.75, 3.05) is 11.9 Å². The highest BCUT2D eigenvalue weighted by atomic mass is 19.4. The number of aromatic nitrogens is 2. The summed E-state index contributed by atoms with van der Waals surface area (Å²) >= 11 is 0. The second-order valence-electron chi connectivity index (χ2n) is 6.68. The number of halogens is 4. The van der Waals surface area contributed by atoms with Gasteiger partial charge in [-0.1, -0.05) is 24.3 Å². The molecule has 1 amide bonds. The van der Waals surface area contributed by atoms with Crippen LogP contribution in [0.1, 0.15) is 45.7 Å². The fourth-order valence-electron chi connectivity index (χ4n) is 3.02. The molecule has 2 aromatic heterocycles. The quantitative estimate of drug-likeness (QED) is 0.521. The Hall–Kier alpha value is -3.49. The van der Waals surface area contributed by atoms with E-state index in [0.29, 0.717) is 23.5 Å². The standard InChI is InChI=1S/C22H20F4N4O/c1-2-27-18-10-9-16(13-29-18)21(31)30-19(15-7-5-14(12-23)6-8-15)20-17(22(24,25)26)4-3-11-28-20/h3-11,13,19H,2,12H2,1H3,(H,27,29)(H,30,31)/t19-/m0/s1. The zero-order valence-electron chi connectivity index (χ0n) is 16.6. The number of amides is 1. The van der Waals surface area contributed by atoms with Crippen molar-refractivity contribution < 1.29 is 22.4 Å². The molecule has 5 nitrogen and oxygen atoms in total. The number of anilines is 1. The van der Waals surface area contributed by atoms with E-state index >= 15 is 0 Å². The lowest BCUT2D eigenvalue weighted by Gasteiger charge is -2.22. The molecule has 3 rings (SSSR count). The summed E-state index contributed by atoms with van der Waals surface area (Å²) in [4.78, 5) is 20.8. The lowest BCUT2D eigenvalue weighted by molar-refractivity contribution is -0.138. The molecule has 0 aliphatic carbocycles. The molecule has 1 aromatic carbocycles. The molecule has 0 aliphatic heterocycles. The van der Waals surface area contributed by atoms with E-state index in [4.69, 9.17) is 0 Å². The Morgan fingerprint density at radius 3 is 2.39 bits per heavy atom. The van der Waals surface area contributed by atoms with Gasteiger partial charge in [-0.15, -0.1) is 0 Å². The third kappa shape index (κ3) is 5.36. The van der Waals surface area contributed by atoms with Crippen LogP contribution in [0, 0.1) is 0 Å². The summed E-state index contributed by atoms with van der Waals surface area (Å²) < 4.78 is 53.7. The van der Waals surface area contributed by atoms with E-state index in [0.717, 1.165) is 6.07 Å². The number of nitrogens with one attached hydrogen (secondary N) is 2. The normalized spacial score (nSPS) is 12.3. The molecular weight excluding hydrogens is 412 g/mol. The summed E-state index contributed by atoms with van der Waals surface area (Å²) in [6.07, 6.45) is -2.10. The van der Waals surface area contributed by atoms with Crippen LogP contribution in [0.3, 0.4) is 0 Å². The van der Waals surface area contributed by atoms with Gasteiger partial charge in [-0.3, -0.25) is 9.78 Å². The van der Waals surface area contributed by atoms with Crippen molar-refractivity contribution in [2.24, 2.45) is 0 Å². The molecule has 2 N–H and O–H groups in total. The Morgan fingerprint density at radius 2 is 1.81 bits per heavy atom. The Kier molecular flexibility index (Phi) is 6.84. The van der Waals surface area contributed by atoms with Crippen LogP contribution < -0.4 is 10.6 Å². The smallest absolute Gasteiger partial charge is 0.370 e. The minimum absolute atomic E-state index is 0.177. The third-order valence-electron chi connectivity index (χ3n) is 4.54. The van der Waals surface area contributed by atoms with Gasteiger partial charge in [0.15, 0.2) is 0 Å². The number of nitrogens with zero attached hydrogens (tertiary/aromatic N) is 2. The molecule has 0 bridgehead atoms. The van der Waals surface area contributed by atoms with Gasteiger partial charge in [-0.2, -0.15) is 13.2 Å². The first-order valence-electron chi connectivity index (χ1n) is 9.51. The van der Waals surface area contributed by atoms with Crippen LogP contribution in [0.4, 0.5) is 23.4 Å². The molecule has 1 atom stereocenters. The SMILES string of the molecule is CCNc1ccc(C(=O)N[C@@H](c2ccc(CF)cc2)c2ncccc2C(F)(F)F)cn1. The largest absolute Gasteiger partial charge is 0.418 e. The van der Waals surface area contributed by atoms with Crippen molar-refractivity contribution in [3.05, 3.63) is 88.9 Å². The van der Waals surface area contributed by atoms with Crippen molar-refractivity contribution in [1.82, 2.24) is 15.3 Å². The van der Waals surface area contributed by atoms with Crippen molar-refractivity contribution >= 4 is 11.7 Å². The van der Waals surface area contributed by atoms with Gasteiger partial charge in [0.25, 0.3) is 5.91 Å². The van der Waals surface area contributed by atoms with Gasteiger partial charge in [-0.05, 0) is 42.3 Å². The Balaban J connectivity index is 1.99. The van der Waals surface area contributed by atoms with Crippen molar-refractivity contribution in [3.8, 4) is 0 Å². The number of pyridine rings is 2. The zero-order chi connectivity index (χ0) is 22.4. The fraction of sp³-hybridized carbons (Fsp3) is 0.227. The summed E-state index contributed by atoms with van der Waals surface area (Å²) in [5.41, 5.74) is -0.429. The van der Waals surface area contributed by atoms with Gasteiger partial charge in [0.05, 0.1) is 22.9 Å². The van der Waals surface area contributed by atoms with Crippen LogP contribution in [0.2, 0.25) is 0 Å². The topological polar surface area (TPSA) is 66.9 Å². The molecule has 0 fully saturated rings. The molecule has 2 heterocycles. The highest BCUT2D eigenvalue weighted by Gasteiger charge is 2.37. The van der Waals surface area contributed by atoms with E-state index in [-0.39, 0.29) is 11.3 Å². The van der Waals surface area contributed by atoms with Crippen molar-refractivity contribution in [2.45, 2.75) is 25.8 Å². The average Bonchev–Trinajstić information content (AvgIpc) is 2.77. The summed E-state index contributed by atoms with van der Waals surface area (Å²) in [6.45, 7) is 1.83. The molecule has 9 heteroatoms.